The SMILES string of the molecule is CC(C)(C)[Si](C)(C)OCCNCc1ccccc1. The first-order valence-electron chi connectivity index (χ1n) is 6.71. The van der Waals surface area contributed by atoms with Crippen molar-refractivity contribution in [3.63, 3.8) is 0 Å². The van der Waals surface area contributed by atoms with Crippen LogP contribution in [-0.4, -0.2) is 21.5 Å². The molecule has 1 rings (SSSR count). The van der Waals surface area contributed by atoms with Crippen molar-refractivity contribution in [2.75, 3.05) is 13.2 Å². The maximum Gasteiger partial charge on any atom is 0.192 e. The highest BCUT2D eigenvalue weighted by Crippen LogP contribution is 2.36. The van der Waals surface area contributed by atoms with E-state index in [1.807, 2.05) is 6.07 Å². The van der Waals surface area contributed by atoms with Gasteiger partial charge in [0.05, 0.1) is 0 Å². The largest absolute Gasteiger partial charge is 0.416 e. The Labute approximate surface area is 113 Å². The molecular formula is C15H27NOSi. The van der Waals surface area contributed by atoms with Gasteiger partial charge in [0.2, 0.25) is 0 Å². The van der Waals surface area contributed by atoms with Crippen molar-refractivity contribution in [3.8, 4) is 0 Å². The minimum absolute atomic E-state index is 0.298. The molecule has 0 saturated heterocycles. The Bertz CT molecular complexity index is 343. The van der Waals surface area contributed by atoms with E-state index in [4.69, 9.17) is 4.43 Å². The molecule has 18 heavy (non-hydrogen) atoms. The van der Waals surface area contributed by atoms with Crippen LogP contribution in [0.25, 0.3) is 0 Å². The van der Waals surface area contributed by atoms with E-state index in [9.17, 15) is 0 Å². The monoisotopic (exact) mass is 265 g/mol. The molecule has 0 aromatic heterocycles. The summed E-state index contributed by atoms with van der Waals surface area (Å²) in [6.45, 7) is 14.1. The molecule has 1 N–H and O–H groups in total. The van der Waals surface area contributed by atoms with E-state index >= 15 is 0 Å². The molecule has 0 atom stereocenters. The fraction of sp³-hybridized carbons (Fsp3) is 0.600. The van der Waals surface area contributed by atoms with Crippen LogP contribution >= 0.6 is 0 Å². The number of rotatable bonds is 6. The van der Waals surface area contributed by atoms with Gasteiger partial charge in [0, 0.05) is 19.7 Å². The van der Waals surface area contributed by atoms with Crippen LogP contribution in [0, 0.1) is 0 Å². The fourth-order valence-electron chi connectivity index (χ4n) is 1.42. The summed E-state index contributed by atoms with van der Waals surface area (Å²) >= 11 is 0. The van der Waals surface area contributed by atoms with Gasteiger partial charge in [-0.05, 0) is 23.7 Å². The molecule has 102 valence electrons. The van der Waals surface area contributed by atoms with Crippen LogP contribution in [-0.2, 0) is 11.0 Å². The van der Waals surface area contributed by atoms with Gasteiger partial charge in [-0.15, -0.1) is 0 Å². The van der Waals surface area contributed by atoms with Crippen LogP contribution in [0.4, 0.5) is 0 Å². The van der Waals surface area contributed by atoms with Gasteiger partial charge in [0.25, 0.3) is 0 Å². The molecule has 3 heteroatoms. The van der Waals surface area contributed by atoms with E-state index in [1.54, 1.807) is 0 Å². The lowest BCUT2D eigenvalue weighted by Gasteiger charge is -2.36. The Morgan fingerprint density at radius 1 is 1.11 bits per heavy atom. The van der Waals surface area contributed by atoms with Crippen LogP contribution in [0.5, 0.6) is 0 Å². The second kappa shape index (κ2) is 6.50. The highest BCUT2D eigenvalue weighted by atomic mass is 28.4. The maximum absolute atomic E-state index is 6.11. The van der Waals surface area contributed by atoms with Crippen LogP contribution in [0.1, 0.15) is 26.3 Å². The Morgan fingerprint density at radius 2 is 1.72 bits per heavy atom. The second-order valence-electron chi connectivity index (χ2n) is 6.27. The summed E-state index contributed by atoms with van der Waals surface area (Å²) in [5.74, 6) is 0. The van der Waals surface area contributed by atoms with Crippen molar-refractivity contribution in [3.05, 3.63) is 35.9 Å². The number of nitrogens with one attached hydrogen (secondary N) is 1. The van der Waals surface area contributed by atoms with Gasteiger partial charge in [-0.2, -0.15) is 0 Å². The molecule has 0 saturated carbocycles. The van der Waals surface area contributed by atoms with E-state index in [-0.39, 0.29) is 0 Å². The summed E-state index contributed by atoms with van der Waals surface area (Å²) in [6, 6.07) is 10.5. The van der Waals surface area contributed by atoms with E-state index in [2.05, 4.69) is 63.4 Å². The van der Waals surface area contributed by atoms with Crippen LogP contribution in [0.3, 0.4) is 0 Å². The van der Waals surface area contributed by atoms with Gasteiger partial charge < -0.3 is 9.74 Å². The maximum atomic E-state index is 6.11. The predicted octanol–water partition coefficient (Wildman–Crippen LogP) is 3.80. The zero-order valence-corrected chi connectivity index (χ0v) is 13.4. The van der Waals surface area contributed by atoms with Gasteiger partial charge in [-0.1, -0.05) is 51.1 Å². The first kappa shape index (κ1) is 15.4. The lowest BCUT2D eigenvalue weighted by Crippen LogP contribution is -2.42. The molecule has 0 fully saturated rings. The first-order chi connectivity index (χ1) is 8.33. The minimum atomic E-state index is -1.57. The number of hydrogen-bond acceptors (Lipinski definition) is 2. The normalized spacial score (nSPS) is 12.7. The predicted molar refractivity (Wildman–Crippen MR) is 81.3 cm³/mol. The summed E-state index contributed by atoms with van der Waals surface area (Å²) in [5, 5.41) is 3.72. The van der Waals surface area contributed by atoms with Crippen molar-refractivity contribution in [2.45, 2.75) is 45.4 Å². The smallest absolute Gasteiger partial charge is 0.192 e. The Kier molecular flexibility index (Phi) is 5.57. The second-order valence-corrected chi connectivity index (χ2v) is 11.1. The topological polar surface area (TPSA) is 21.3 Å². The summed E-state index contributed by atoms with van der Waals surface area (Å²) in [4.78, 5) is 0. The Morgan fingerprint density at radius 3 is 2.28 bits per heavy atom. The molecule has 0 amide bonds. The fourth-order valence-corrected chi connectivity index (χ4v) is 2.47. The van der Waals surface area contributed by atoms with Crippen molar-refractivity contribution >= 4 is 8.32 Å². The van der Waals surface area contributed by atoms with Gasteiger partial charge in [0.1, 0.15) is 0 Å². The third-order valence-electron chi connectivity index (χ3n) is 3.72. The number of hydrogen-bond donors (Lipinski definition) is 1. The molecule has 0 aliphatic rings. The summed E-state index contributed by atoms with van der Waals surface area (Å²) in [5.41, 5.74) is 1.32. The lowest BCUT2D eigenvalue weighted by atomic mass is 10.2. The van der Waals surface area contributed by atoms with E-state index < -0.39 is 8.32 Å². The highest BCUT2D eigenvalue weighted by molar-refractivity contribution is 6.74. The average Bonchev–Trinajstić information content (AvgIpc) is 2.28. The van der Waals surface area contributed by atoms with Crippen LogP contribution in [0.2, 0.25) is 18.1 Å². The molecule has 0 heterocycles. The van der Waals surface area contributed by atoms with Crippen molar-refractivity contribution in [1.29, 1.82) is 0 Å². The molecule has 2 nitrogen and oxygen atoms in total. The van der Waals surface area contributed by atoms with E-state index in [0.717, 1.165) is 19.7 Å². The molecule has 1 aromatic rings. The molecule has 1 aromatic carbocycles. The highest BCUT2D eigenvalue weighted by Gasteiger charge is 2.36. The quantitative estimate of drug-likeness (QED) is 0.624. The van der Waals surface area contributed by atoms with Crippen LogP contribution in [0.15, 0.2) is 30.3 Å². The molecule has 0 unspecified atom stereocenters. The van der Waals surface area contributed by atoms with Crippen molar-refractivity contribution in [1.82, 2.24) is 5.32 Å². The zero-order chi connectivity index (χ0) is 13.6. The zero-order valence-electron chi connectivity index (χ0n) is 12.4. The standard InChI is InChI=1S/C15H27NOSi/c1-15(2,3)18(4,5)17-12-11-16-13-14-9-7-6-8-10-14/h6-10,16H,11-13H2,1-5H3. The number of benzene rings is 1. The summed E-state index contributed by atoms with van der Waals surface area (Å²) < 4.78 is 6.11. The summed E-state index contributed by atoms with van der Waals surface area (Å²) in [7, 11) is -1.57. The summed E-state index contributed by atoms with van der Waals surface area (Å²) in [6.07, 6.45) is 0. The molecule has 0 radical (unpaired) electrons. The molecule has 0 aliphatic carbocycles. The van der Waals surface area contributed by atoms with Gasteiger partial charge in [-0.25, -0.2) is 0 Å². The van der Waals surface area contributed by atoms with Gasteiger partial charge in [-0.3, -0.25) is 0 Å². The lowest BCUT2D eigenvalue weighted by molar-refractivity contribution is 0.285. The van der Waals surface area contributed by atoms with Crippen molar-refractivity contribution in [2.24, 2.45) is 0 Å². The van der Waals surface area contributed by atoms with E-state index in [1.165, 1.54) is 5.56 Å². The molecule has 0 bridgehead atoms. The van der Waals surface area contributed by atoms with Crippen LogP contribution < -0.4 is 5.32 Å². The third kappa shape index (κ3) is 4.92. The molecule has 0 spiro atoms. The molecular weight excluding hydrogens is 238 g/mol. The average molecular weight is 265 g/mol. The first-order valence-corrected chi connectivity index (χ1v) is 9.62. The van der Waals surface area contributed by atoms with Gasteiger partial charge in [0.15, 0.2) is 8.32 Å². The minimum Gasteiger partial charge on any atom is -0.416 e. The van der Waals surface area contributed by atoms with Gasteiger partial charge >= 0.3 is 0 Å². The Hall–Kier alpha value is -0.643. The van der Waals surface area contributed by atoms with Crippen molar-refractivity contribution < 1.29 is 4.43 Å². The van der Waals surface area contributed by atoms with E-state index in [0.29, 0.717) is 5.04 Å². The third-order valence-corrected chi connectivity index (χ3v) is 8.26. The molecule has 0 aliphatic heterocycles. The Balaban J connectivity index is 2.20.